The van der Waals surface area contributed by atoms with Gasteiger partial charge in [-0.25, -0.2) is 4.79 Å². The fourth-order valence-corrected chi connectivity index (χ4v) is 1.47. The predicted molar refractivity (Wildman–Crippen MR) is 54.1 cm³/mol. The van der Waals surface area contributed by atoms with Crippen LogP contribution in [0.1, 0.15) is 12.5 Å². The van der Waals surface area contributed by atoms with Crippen molar-refractivity contribution in [1.29, 1.82) is 0 Å². The fraction of sp³-hybridized carbons (Fsp3) is 0.364. The Labute approximate surface area is 83.1 Å². The summed E-state index contributed by atoms with van der Waals surface area (Å²) in [5.74, 6) is 0. The summed E-state index contributed by atoms with van der Waals surface area (Å²) in [6.07, 6.45) is -0.236. The number of nitrogens with one attached hydrogen (secondary N) is 1. The molecule has 0 bridgehead atoms. The summed E-state index contributed by atoms with van der Waals surface area (Å²) in [4.78, 5) is 10.1. The van der Waals surface area contributed by atoms with Crippen LogP contribution in [-0.2, 0) is 4.74 Å². The molecule has 74 valence electrons. The van der Waals surface area contributed by atoms with E-state index in [1.54, 1.807) is 0 Å². The molecule has 3 heteroatoms. The molecule has 1 fully saturated rings. The Hall–Kier alpha value is -1.51. The average molecular weight is 191 g/mol. The third-order valence-electron chi connectivity index (χ3n) is 2.38. The summed E-state index contributed by atoms with van der Waals surface area (Å²) in [6.45, 7) is 4.64. The smallest absolute Gasteiger partial charge is 0.407 e. The van der Waals surface area contributed by atoms with Gasteiger partial charge in [-0.05, 0) is 30.5 Å². The van der Waals surface area contributed by atoms with E-state index < -0.39 is 0 Å². The Morgan fingerprint density at radius 3 is 2.36 bits per heavy atom. The molecule has 14 heavy (non-hydrogen) atoms. The number of carbonyl (C=O) groups is 1. The van der Waals surface area contributed by atoms with Gasteiger partial charge < -0.3 is 10.1 Å². The molecule has 1 atom stereocenters. The molecule has 1 aliphatic heterocycles. The highest BCUT2D eigenvalue weighted by atomic mass is 16.6. The Kier molecular flexibility index (Phi) is 2.15. The van der Waals surface area contributed by atoms with Crippen LogP contribution in [0, 0.1) is 6.92 Å². The van der Waals surface area contributed by atoms with Crippen LogP contribution in [0.25, 0.3) is 11.1 Å². The standard InChI is InChI=1S/C7H6.C4H7NO2/c1-5-4-6-2-3-7(5)6;1-3-2-5-4(6)7-3/h2-4H,1H3;3H,2H2,1H3,(H,5,6). The van der Waals surface area contributed by atoms with Crippen LogP contribution < -0.4 is 5.32 Å². The van der Waals surface area contributed by atoms with Crippen molar-refractivity contribution < 1.29 is 9.53 Å². The highest BCUT2D eigenvalue weighted by Crippen LogP contribution is 2.35. The van der Waals surface area contributed by atoms with Crippen molar-refractivity contribution in [2.45, 2.75) is 20.0 Å². The van der Waals surface area contributed by atoms with Crippen LogP contribution in [-0.4, -0.2) is 18.7 Å². The lowest BCUT2D eigenvalue weighted by Gasteiger charge is -2.17. The molecule has 1 heterocycles. The molecule has 1 unspecified atom stereocenters. The normalized spacial score (nSPS) is 20.4. The van der Waals surface area contributed by atoms with Crippen LogP contribution in [0.4, 0.5) is 4.79 Å². The monoisotopic (exact) mass is 191 g/mol. The SMILES string of the molecule is CC1CNC(=O)O1.Cc1cc2ccc1-2. The topological polar surface area (TPSA) is 38.3 Å². The maximum absolute atomic E-state index is 10.1. The third-order valence-corrected chi connectivity index (χ3v) is 2.38. The zero-order valence-corrected chi connectivity index (χ0v) is 8.33. The maximum Gasteiger partial charge on any atom is 0.407 e. The number of amides is 1. The molecule has 1 N–H and O–H groups in total. The van der Waals surface area contributed by atoms with E-state index in [-0.39, 0.29) is 12.2 Å². The summed E-state index contributed by atoms with van der Waals surface area (Å²) < 4.78 is 4.61. The number of rotatable bonds is 0. The second-order valence-corrected chi connectivity index (χ2v) is 3.63. The average Bonchev–Trinajstić information content (AvgIpc) is 2.46. The lowest BCUT2D eigenvalue weighted by Crippen LogP contribution is -2.12. The molecular formula is C11H13NO2. The molecule has 1 amide bonds. The number of carbonyl (C=O) groups excluding carboxylic acids is 1. The minimum atomic E-state index is -0.299. The van der Waals surface area contributed by atoms with E-state index in [9.17, 15) is 4.79 Å². The quantitative estimate of drug-likeness (QED) is 0.692. The van der Waals surface area contributed by atoms with Gasteiger partial charge in [-0.3, -0.25) is 0 Å². The second kappa shape index (κ2) is 3.33. The van der Waals surface area contributed by atoms with Crippen molar-refractivity contribution in [1.82, 2.24) is 5.32 Å². The zero-order chi connectivity index (χ0) is 10.1. The lowest BCUT2D eigenvalue weighted by molar-refractivity contribution is 0.148. The van der Waals surface area contributed by atoms with Crippen molar-refractivity contribution in [3.63, 3.8) is 0 Å². The molecule has 3 rings (SSSR count). The van der Waals surface area contributed by atoms with E-state index >= 15 is 0 Å². The Bertz CT molecular complexity index is 374. The first kappa shape index (κ1) is 9.06. The van der Waals surface area contributed by atoms with E-state index in [4.69, 9.17) is 0 Å². The molecule has 0 aromatic heterocycles. The summed E-state index contributed by atoms with van der Waals surface area (Å²) in [6, 6.07) is 6.50. The first-order valence-corrected chi connectivity index (χ1v) is 4.72. The van der Waals surface area contributed by atoms with Gasteiger partial charge in [0.2, 0.25) is 0 Å². The summed E-state index contributed by atoms with van der Waals surface area (Å²) in [5, 5.41) is 2.51. The van der Waals surface area contributed by atoms with Gasteiger partial charge in [-0.15, -0.1) is 0 Å². The molecule has 3 aliphatic rings. The van der Waals surface area contributed by atoms with E-state index in [2.05, 4.69) is 35.2 Å². The molecular weight excluding hydrogens is 178 g/mol. The van der Waals surface area contributed by atoms with Crippen LogP contribution in [0.5, 0.6) is 0 Å². The van der Waals surface area contributed by atoms with Crippen molar-refractivity contribution in [2.24, 2.45) is 0 Å². The van der Waals surface area contributed by atoms with E-state index in [1.165, 1.54) is 16.7 Å². The number of benzene rings is 1. The number of alkyl carbamates (subject to hydrolysis) is 1. The van der Waals surface area contributed by atoms with E-state index in [0.717, 1.165) is 0 Å². The van der Waals surface area contributed by atoms with Crippen LogP contribution in [0.15, 0.2) is 18.2 Å². The molecule has 2 aliphatic carbocycles. The van der Waals surface area contributed by atoms with E-state index in [1.807, 2.05) is 6.92 Å². The van der Waals surface area contributed by atoms with Gasteiger partial charge >= 0.3 is 6.09 Å². The van der Waals surface area contributed by atoms with Crippen LogP contribution in [0.2, 0.25) is 0 Å². The Morgan fingerprint density at radius 2 is 2.29 bits per heavy atom. The number of hydrogen-bond donors (Lipinski definition) is 1. The number of ether oxygens (including phenoxy) is 1. The largest absolute Gasteiger partial charge is 0.445 e. The van der Waals surface area contributed by atoms with Crippen LogP contribution in [0.3, 0.4) is 0 Å². The molecule has 0 saturated carbocycles. The minimum absolute atomic E-state index is 0.0625. The lowest BCUT2D eigenvalue weighted by atomic mass is 9.88. The van der Waals surface area contributed by atoms with Crippen molar-refractivity contribution in [2.75, 3.05) is 6.54 Å². The highest BCUT2D eigenvalue weighted by molar-refractivity contribution is 5.80. The van der Waals surface area contributed by atoms with Gasteiger partial charge in [-0.1, -0.05) is 18.2 Å². The molecule has 0 aromatic carbocycles. The first-order chi connectivity index (χ1) is 6.66. The zero-order valence-electron chi connectivity index (χ0n) is 8.33. The van der Waals surface area contributed by atoms with Gasteiger partial charge in [0.1, 0.15) is 6.10 Å². The van der Waals surface area contributed by atoms with Crippen LogP contribution >= 0.6 is 0 Å². The second-order valence-electron chi connectivity index (χ2n) is 3.63. The van der Waals surface area contributed by atoms with Crippen molar-refractivity contribution in [3.8, 4) is 11.1 Å². The van der Waals surface area contributed by atoms with Gasteiger partial charge in [0, 0.05) is 0 Å². The summed E-state index contributed by atoms with van der Waals surface area (Å²) in [5.41, 5.74) is 4.36. The predicted octanol–water partition coefficient (Wildman–Crippen LogP) is 2.09. The molecule has 1 saturated heterocycles. The van der Waals surface area contributed by atoms with Gasteiger partial charge in [-0.2, -0.15) is 0 Å². The molecule has 0 aromatic rings. The fourth-order valence-electron chi connectivity index (χ4n) is 1.47. The number of cyclic esters (lactones) is 1. The van der Waals surface area contributed by atoms with Gasteiger partial charge in [0.15, 0.2) is 0 Å². The van der Waals surface area contributed by atoms with Gasteiger partial charge in [0.25, 0.3) is 0 Å². The summed E-state index contributed by atoms with van der Waals surface area (Å²) >= 11 is 0. The molecule has 3 nitrogen and oxygen atoms in total. The molecule has 0 radical (unpaired) electrons. The Morgan fingerprint density at radius 1 is 1.50 bits per heavy atom. The number of aryl methyl sites for hydroxylation is 1. The highest BCUT2D eigenvalue weighted by Gasteiger charge is 2.16. The third kappa shape index (κ3) is 1.58. The summed E-state index contributed by atoms with van der Waals surface area (Å²) in [7, 11) is 0. The number of hydrogen-bond acceptors (Lipinski definition) is 2. The Balaban J connectivity index is 0.000000107. The van der Waals surface area contributed by atoms with Crippen molar-refractivity contribution in [3.05, 3.63) is 23.8 Å². The van der Waals surface area contributed by atoms with Crippen molar-refractivity contribution >= 4 is 6.09 Å². The minimum Gasteiger partial charge on any atom is -0.445 e. The van der Waals surface area contributed by atoms with E-state index in [0.29, 0.717) is 6.54 Å². The number of fused-ring (bicyclic) bond motifs is 1. The molecule has 0 spiro atoms. The van der Waals surface area contributed by atoms with Gasteiger partial charge in [0.05, 0.1) is 6.54 Å². The first-order valence-electron chi connectivity index (χ1n) is 4.72. The maximum atomic E-state index is 10.1.